The summed E-state index contributed by atoms with van der Waals surface area (Å²) in [5, 5.41) is 13.0. The van der Waals surface area contributed by atoms with Crippen molar-refractivity contribution in [1.82, 2.24) is 14.8 Å². The van der Waals surface area contributed by atoms with Crippen LogP contribution in [0.15, 0.2) is 40.9 Å². The molecule has 3 rings (SSSR count). The van der Waals surface area contributed by atoms with Crippen molar-refractivity contribution in [2.24, 2.45) is 7.05 Å². The van der Waals surface area contributed by atoms with E-state index in [1.54, 1.807) is 18.3 Å². The number of aromatic nitrogens is 3. The Morgan fingerprint density at radius 1 is 1.31 bits per heavy atom. The molecule has 0 aliphatic heterocycles. The Morgan fingerprint density at radius 2 is 2.12 bits per heavy atom. The van der Waals surface area contributed by atoms with E-state index in [0.29, 0.717) is 11.6 Å². The zero-order chi connectivity index (χ0) is 18.7. The Bertz CT molecular complexity index is 912. The van der Waals surface area contributed by atoms with Crippen LogP contribution < -0.4 is 5.32 Å². The van der Waals surface area contributed by atoms with Crippen molar-refractivity contribution in [2.45, 2.75) is 23.8 Å². The highest BCUT2D eigenvalue weighted by Gasteiger charge is 2.19. The second-order valence-corrected chi connectivity index (χ2v) is 7.93. The molecule has 5 nitrogen and oxygen atoms in total. The second kappa shape index (κ2) is 7.96. The first kappa shape index (κ1) is 18.5. The summed E-state index contributed by atoms with van der Waals surface area (Å²) in [5.74, 6) is -1.48. The van der Waals surface area contributed by atoms with Gasteiger partial charge in [0.1, 0.15) is 5.82 Å². The molecular weight excluding hydrogens is 378 g/mol. The molecule has 136 valence electrons. The fourth-order valence-electron chi connectivity index (χ4n) is 2.20. The molecule has 0 spiro atoms. The van der Waals surface area contributed by atoms with Crippen LogP contribution in [-0.2, 0) is 18.3 Å². The molecule has 0 aliphatic rings. The minimum atomic E-state index is -1.00. The van der Waals surface area contributed by atoms with E-state index < -0.39 is 16.9 Å². The molecule has 0 unspecified atom stereocenters. The van der Waals surface area contributed by atoms with Gasteiger partial charge in [0.2, 0.25) is 5.91 Å². The van der Waals surface area contributed by atoms with Gasteiger partial charge in [-0.1, -0.05) is 17.8 Å². The van der Waals surface area contributed by atoms with E-state index in [0.717, 1.165) is 18.0 Å². The van der Waals surface area contributed by atoms with Crippen molar-refractivity contribution in [1.29, 1.82) is 0 Å². The van der Waals surface area contributed by atoms with Crippen LogP contribution in [0.2, 0.25) is 0 Å². The lowest BCUT2D eigenvalue weighted by atomic mass is 10.3. The zero-order valence-electron chi connectivity index (χ0n) is 14.1. The van der Waals surface area contributed by atoms with Crippen molar-refractivity contribution in [2.75, 3.05) is 5.32 Å². The molecule has 1 aromatic carbocycles. The van der Waals surface area contributed by atoms with Crippen LogP contribution in [0.1, 0.15) is 17.6 Å². The quantitative estimate of drug-likeness (QED) is 0.645. The summed E-state index contributed by atoms with van der Waals surface area (Å²) in [4.78, 5) is 13.5. The van der Waals surface area contributed by atoms with Gasteiger partial charge in [-0.05, 0) is 30.5 Å². The summed E-state index contributed by atoms with van der Waals surface area (Å²) in [6.07, 6.45) is 0.678. The lowest BCUT2D eigenvalue weighted by Gasteiger charge is -2.12. The number of benzene rings is 1. The Kier molecular flexibility index (Phi) is 5.67. The van der Waals surface area contributed by atoms with Gasteiger partial charge in [-0.3, -0.25) is 4.79 Å². The van der Waals surface area contributed by atoms with Crippen LogP contribution in [-0.4, -0.2) is 25.9 Å². The third-order valence-electron chi connectivity index (χ3n) is 3.68. The third-order valence-corrected chi connectivity index (χ3v) is 5.69. The smallest absolute Gasteiger partial charge is 0.237 e. The van der Waals surface area contributed by atoms with Gasteiger partial charge in [-0.15, -0.1) is 21.5 Å². The van der Waals surface area contributed by atoms with Crippen LogP contribution in [0.3, 0.4) is 0 Å². The van der Waals surface area contributed by atoms with Crippen molar-refractivity contribution in [3.05, 3.63) is 58.0 Å². The maximum absolute atomic E-state index is 13.2. The Hall–Kier alpha value is -2.26. The second-order valence-electron chi connectivity index (χ2n) is 5.59. The molecule has 1 atom stereocenters. The Labute approximate surface area is 157 Å². The molecule has 2 heterocycles. The third kappa shape index (κ3) is 4.28. The molecule has 0 saturated carbocycles. The van der Waals surface area contributed by atoms with Gasteiger partial charge in [0.05, 0.1) is 5.25 Å². The molecule has 0 radical (unpaired) electrons. The number of thioether (sulfide) groups is 1. The molecule has 2 aromatic heterocycles. The molecule has 0 fully saturated rings. The highest BCUT2D eigenvalue weighted by atomic mass is 32.2. The topological polar surface area (TPSA) is 59.8 Å². The molecule has 26 heavy (non-hydrogen) atoms. The van der Waals surface area contributed by atoms with E-state index >= 15 is 0 Å². The van der Waals surface area contributed by atoms with Crippen molar-refractivity contribution < 1.29 is 13.6 Å². The van der Waals surface area contributed by atoms with E-state index in [-0.39, 0.29) is 11.6 Å². The molecule has 1 amide bonds. The van der Waals surface area contributed by atoms with E-state index in [1.807, 2.05) is 29.1 Å². The number of hydrogen-bond acceptors (Lipinski definition) is 5. The molecule has 0 saturated heterocycles. The molecule has 0 bridgehead atoms. The maximum atomic E-state index is 13.2. The predicted octanol–water partition coefficient (Wildman–Crippen LogP) is 3.86. The summed E-state index contributed by atoms with van der Waals surface area (Å²) in [5.41, 5.74) is 0.206. The number of carbonyl (C=O) groups is 1. The Morgan fingerprint density at radius 3 is 2.81 bits per heavy atom. The SMILES string of the molecule is C[C@H](Sc1nnc(Cc2cccs2)n1C)C(=O)Nc1ccc(F)c(F)c1. The highest BCUT2D eigenvalue weighted by Crippen LogP contribution is 2.24. The van der Waals surface area contributed by atoms with Gasteiger partial charge >= 0.3 is 0 Å². The average Bonchev–Trinajstić information content (AvgIpc) is 3.23. The first-order valence-corrected chi connectivity index (χ1v) is 9.53. The van der Waals surface area contributed by atoms with Gasteiger partial charge in [-0.25, -0.2) is 8.78 Å². The monoisotopic (exact) mass is 394 g/mol. The number of rotatable bonds is 6. The molecule has 0 aliphatic carbocycles. The number of hydrogen-bond donors (Lipinski definition) is 1. The van der Waals surface area contributed by atoms with Crippen LogP contribution in [0.5, 0.6) is 0 Å². The standard InChI is InChI=1S/C17H16F2N4OS2/c1-10(16(24)20-11-5-6-13(18)14(19)8-11)26-17-22-21-15(23(17)2)9-12-4-3-7-25-12/h3-8,10H,9H2,1-2H3,(H,20,24)/t10-/m0/s1. The number of anilines is 1. The first-order chi connectivity index (χ1) is 12.4. The molecule has 9 heteroatoms. The van der Waals surface area contributed by atoms with Gasteiger partial charge in [0.15, 0.2) is 16.8 Å². The van der Waals surface area contributed by atoms with Crippen LogP contribution in [0, 0.1) is 11.6 Å². The van der Waals surface area contributed by atoms with Crippen LogP contribution >= 0.6 is 23.1 Å². The number of amides is 1. The van der Waals surface area contributed by atoms with Crippen LogP contribution in [0.4, 0.5) is 14.5 Å². The summed E-state index contributed by atoms with van der Waals surface area (Å²) < 4.78 is 28.0. The molecular formula is C17H16F2N4OS2. The normalized spacial score (nSPS) is 12.2. The number of carbonyl (C=O) groups excluding carboxylic acids is 1. The minimum absolute atomic E-state index is 0.206. The van der Waals surface area contributed by atoms with E-state index in [9.17, 15) is 13.6 Å². The average molecular weight is 394 g/mol. The summed E-state index contributed by atoms with van der Waals surface area (Å²) >= 11 is 2.90. The summed E-state index contributed by atoms with van der Waals surface area (Å²) in [6.45, 7) is 1.72. The largest absolute Gasteiger partial charge is 0.325 e. The predicted molar refractivity (Wildman–Crippen MR) is 98.4 cm³/mol. The van der Waals surface area contributed by atoms with E-state index in [1.165, 1.54) is 22.7 Å². The number of halogens is 2. The van der Waals surface area contributed by atoms with Gasteiger partial charge in [-0.2, -0.15) is 0 Å². The number of nitrogens with one attached hydrogen (secondary N) is 1. The molecule has 1 N–H and O–H groups in total. The summed E-state index contributed by atoms with van der Waals surface area (Å²) in [7, 11) is 1.85. The first-order valence-electron chi connectivity index (χ1n) is 7.77. The van der Waals surface area contributed by atoms with Crippen molar-refractivity contribution in [3.8, 4) is 0 Å². The van der Waals surface area contributed by atoms with E-state index in [4.69, 9.17) is 0 Å². The summed E-state index contributed by atoms with van der Waals surface area (Å²) in [6, 6.07) is 7.25. The number of thiophene rings is 1. The van der Waals surface area contributed by atoms with Crippen molar-refractivity contribution >= 4 is 34.7 Å². The van der Waals surface area contributed by atoms with Crippen molar-refractivity contribution in [3.63, 3.8) is 0 Å². The number of nitrogens with zero attached hydrogens (tertiary/aromatic N) is 3. The Balaban J connectivity index is 1.63. The zero-order valence-corrected chi connectivity index (χ0v) is 15.7. The van der Waals surface area contributed by atoms with Crippen LogP contribution in [0.25, 0.3) is 0 Å². The van der Waals surface area contributed by atoms with E-state index in [2.05, 4.69) is 15.5 Å². The lowest BCUT2D eigenvalue weighted by molar-refractivity contribution is -0.115. The molecule has 3 aromatic rings. The fraction of sp³-hybridized carbons (Fsp3) is 0.235. The fourth-order valence-corrected chi connectivity index (χ4v) is 3.74. The maximum Gasteiger partial charge on any atom is 0.237 e. The minimum Gasteiger partial charge on any atom is -0.325 e. The lowest BCUT2D eigenvalue weighted by Crippen LogP contribution is -2.23. The van der Waals surface area contributed by atoms with Gasteiger partial charge in [0, 0.05) is 30.1 Å². The van der Waals surface area contributed by atoms with Gasteiger partial charge < -0.3 is 9.88 Å². The highest BCUT2D eigenvalue weighted by molar-refractivity contribution is 8.00. The van der Waals surface area contributed by atoms with Gasteiger partial charge in [0.25, 0.3) is 0 Å².